The van der Waals surface area contributed by atoms with Gasteiger partial charge in [-0.15, -0.1) is 0 Å². The fourth-order valence-electron chi connectivity index (χ4n) is 3.12. The second-order valence-corrected chi connectivity index (χ2v) is 10.5. The van der Waals surface area contributed by atoms with E-state index in [1.807, 2.05) is 11.7 Å². The molecular weight excluding hydrogens is 328 g/mol. The van der Waals surface area contributed by atoms with Crippen molar-refractivity contribution in [2.75, 3.05) is 0 Å². The Kier molecular flexibility index (Phi) is 7.50. The molecule has 0 saturated carbocycles. The second kappa shape index (κ2) is 8.63. The molecule has 1 heterocycles. The normalized spacial score (nSPS) is 12.4. The maximum absolute atomic E-state index is 4.52. The van der Waals surface area contributed by atoms with Gasteiger partial charge in [-0.25, -0.2) is 0 Å². The summed E-state index contributed by atoms with van der Waals surface area (Å²) in [4.78, 5) is 0. The van der Waals surface area contributed by atoms with Crippen LogP contribution in [0.25, 0.3) is 0 Å². The van der Waals surface area contributed by atoms with E-state index in [2.05, 4.69) is 106 Å². The fourth-order valence-corrected chi connectivity index (χ4v) is 3.12. The number of rotatable bonds is 2. The van der Waals surface area contributed by atoms with E-state index in [-0.39, 0.29) is 10.8 Å². The number of hydrogen-bond donors (Lipinski definition) is 0. The van der Waals surface area contributed by atoms with Crippen LogP contribution in [0, 0.1) is 6.92 Å². The Balaban J connectivity index is 0.000000271. The molecule has 2 heteroatoms. The van der Waals surface area contributed by atoms with Crippen LogP contribution in [0.1, 0.15) is 109 Å². The maximum Gasteiger partial charge on any atom is 0.0680 e. The Morgan fingerprint density at radius 3 is 1.70 bits per heavy atom. The lowest BCUT2D eigenvalue weighted by Crippen LogP contribution is -2.12. The highest BCUT2D eigenvalue weighted by atomic mass is 15.3. The van der Waals surface area contributed by atoms with Gasteiger partial charge in [0.15, 0.2) is 0 Å². The summed E-state index contributed by atoms with van der Waals surface area (Å²) in [6, 6.07) is 9.07. The van der Waals surface area contributed by atoms with Crippen molar-refractivity contribution in [3.63, 3.8) is 0 Å². The van der Waals surface area contributed by atoms with Gasteiger partial charge in [-0.05, 0) is 46.9 Å². The second-order valence-electron chi connectivity index (χ2n) is 10.5. The molecule has 0 bridgehead atoms. The topological polar surface area (TPSA) is 17.8 Å². The Bertz CT molecular complexity index is 735. The number of hydrogen-bond acceptors (Lipinski definition) is 1. The minimum Gasteiger partial charge on any atom is -0.272 e. The Morgan fingerprint density at radius 1 is 0.815 bits per heavy atom. The quantitative estimate of drug-likeness (QED) is 0.544. The van der Waals surface area contributed by atoms with Gasteiger partial charge in [0.25, 0.3) is 0 Å². The van der Waals surface area contributed by atoms with Crippen LogP contribution >= 0.6 is 0 Å². The van der Waals surface area contributed by atoms with Gasteiger partial charge < -0.3 is 0 Å². The molecule has 0 fully saturated rings. The van der Waals surface area contributed by atoms with Crippen molar-refractivity contribution in [1.29, 1.82) is 0 Å². The van der Waals surface area contributed by atoms with Gasteiger partial charge in [0, 0.05) is 18.2 Å². The van der Waals surface area contributed by atoms with Gasteiger partial charge in [0.05, 0.1) is 5.69 Å². The molecule has 27 heavy (non-hydrogen) atoms. The molecule has 0 amide bonds. The summed E-state index contributed by atoms with van der Waals surface area (Å²) in [5, 5.41) is 4.52. The van der Waals surface area contributed by atoms with Crippen molar-refractivity contribution in [1.82, 2.24) is 9.78 Å². The zero-order valence-electron chi connectivity index (χ0n) is 19.9. The molecule has 0 spiro atoms. The summed E-state index contributed by atoms with van der Waals surface area (Å²) < 4.78 is 1.99. The van der Waals surface area contributed by atoms with E-state index in [4.69, 9.17) is 0 Å². The predicted molar refractivity (Wildman–Crippen MR) is 120 cm³/mol. The first-order valence-corrected chi connectivity index (χ1v) is 10.3. The van der Waals surface area contributed by atoms with Crippen molar-refractivity contribution in [3.8, 4) is 0 Å². The molecule has 0 aliphatic heterocycles. The highest BCUT2D eigenvalue weighted by Gasteiger charge is 2.19. The summed E-state index contributed by atoms with van der Waals surface area (Å²) in [6.45, 7) is 24.5. The van der Waals surface area contributed by atoms with Crippen LogP contribution in [0.15, 0.2) is 24.3 Å². The zero-order valence-corrected chi connectivity index (χ0v) is 19.9. The van der Waals surface area contributed by atoms with Gasteiger partial charge in [0.2, 0.25) is 0 Å². The molecule has 2 nitrogen and oxygen atoms in total. The van der Waals surface area contributed by atoms with Crippen LogP contribution in [0.3, 0.4) is 0 Å². The first kappa shape index (κ1) is 23.5. The lowest BCUT2D eigenvalue weighted by Gasteiger charge is -2.21. The molecule has 1 aromatic carbocycles. The molecule has 0 radical (unpaired) electrons. The summed E-state index contributed by atoms with van der Waals surface area (Å²) >= 11 is 0. The molecule has 152 valence electrons. The van der Waals surface area contributed by atoms with Crippen LogP contribution < -0.4 is 0 Å². The van der Waals surface area contributed by atoms with Crippen molar-refractivity contribution >= 4 is 0 Å². The molecule has 2 rings (SSSR count). The van der Waals surface area contributed by atoms with E-state index in [1.54, 1.807) is 0 Å². The average Bonchev–Trinajstić information content (AvgIpc) is 2.89. The molecule has 2 aromatic rings. The van der Waals surface area contributed by atoms with Crippen LogP contribution in [0.4, 0.5) is 0 Å². The molecule has 0 atom stereocenters. The summed E-state index contributed by atoms with van der Waals surface area (Å²) in [6.07, 6.45) is 0. The number of benzene rings is 1. The monoisotopic (exact) mass is 370 g/mol. The van der Waals surface area contributed by atoms with Gasteiger partial charge in [-0.1, -0.05) is 87.4 Å². The third-order valence-corrected chi connectivity index (χ3v) is 5.04. The standard InChI is InChI=1S/C14H22.C11H20N2/c1-10(2)13-9-12(14(4,5)6)8-7-11(13)3;1-8(2)9-7-10(11(3,4)5)12-13(9)6/h7-10H,1-6H3;7-8H,1-6H3. The minimum absolute atomic E-state index is 0.158. The van der Waals surface area contributed by atoms with Crippen LogP contribution in [0.5, 0.6) is 0 Å². The number of aromatic nitrogens is 2. The average molecular weight is 371 g/mol. The van der Waals surface area contributed by atoms with Crippen molar-refractivity contribution in [2.45, 2.75) is 98.8 Å². The van der Waals surface area contributed by atoms with E-state index in [0.29, 0.717) is 11.8 Å². The van der Waals surface area contributed by atoms with E-state index < -0.39 is 0 Å². The van der Waals surface area contributed by atoms with Gasteiger partial charge in [-0.3, -0.25) is 4.68 Å². The highest BCUT2D eigenvalue weighted by molar-refractivity contribution is 5.36. The number of nitrogens with zero attached hydrogens (tertiary/aromatic N) is 2. The predicted octanol–water partition coefficient (Wildman–Crippen LogP) is 7.26. The maximum atomic E-state index is 4.52. The number of aryl methyl sites for hydroxylation is 2. The van der Waals surface area contributed by atoms with E-state index in [0.717, 1.165) is 0 Å². The molecule has 0 aliphatic carbocycles. The smallest absolute Gasteiger partial charge is 0.0680 e. The van der Waals surface area contributed by atoms with E-state index in [1.165, 1.54) is 28.1 Å². The largest absolute Gasteiger partial charge is 0.272 e. The minimum atomic E-state index is 0.158. The molecule has 0 saturated heterocycles. The third-order valence-electron chi connectivity index (χ3n) is 5.04. The van der Waals surface area contributed by atoms with Crippen molar-refractivity contribution in [3.05, 3.63) is 52.3 Å². The Hall–Kier alpha value is -1.57. The summed E-state index contributed by atoms with van der Waals surface area (Å²) in [5.41, 5.74) is 7.24. The Labute approximate surface area is 168 Å². The summed E-state index contributed by atoms with van der Waals surface area (Å²) in [7, 11) is 2.02. The molecule has 0 unspecified atom stereocenters. The van der Waals surface area contributed by atoms with Gasteiger partial charge in [0.1, 0.15) is 0 Å². The third kappa shape index (κ3) is 6.52. The van der Waals surface area contributed by atoms with Crippen molar-refractivity contribution in [2.24, 2.45) is 7.05 Å². The molecule has 0 aliphatic rings. The highest BCUT2D eigenvalue weighted by Crippen LogP contribution is 2.28. The van der Waals surface area contributed by atoms with E-state index in [9.17, 15) is 0 Å². The van der Waals surface area contributed by atoms with Crippen LogP contribution in [-0.4, -0.2) is 9.78 Å². The SMILES string of the molecule is CC(C)c1cc(C(C)(C)C)nn1C.Cc1ccc(C(C)(C)C)cc1C(C)C. The van der Waals surface area contributed by atoms with Gasteiger partial charge in [-0.2, -0.15) is 5.10 Å². The molecule has 1 aromatic heterocycles. The summed E-state index contributed by atoms with van der Waals surface area (Å²) in [5.74, 6) is 1.17. The lowest BCUT2D eigenvalue weighted by molar-refractivity contribution is 0.550. The van der Waals surface area contributed by atoms with E-state index >= 15 is 0 Å². The first-order valence-electron chi connectivity index (χ1n) is 10.3. The Morgan fingerprint density at radius 2 is 1.37 bits per heavy atom. The zero-order chi connectivity index (χ0) is 21.2. The first-order chi connectivity index (χ1) is 12.1. The van der Waals surface area contributed by atoms with Crippen LogP contribution in [-0.2, 0) is 17.9 Å². The van der Waals surface area contributed by atoms with Gasteiger partial charge >= 0.3 is 0 Å². The fraction of sp³-hybridized carbons (Fsp3) is 0.640. The molecule has 0 N–H and O–H groups in total. The van der Waals surface area contributed by atoms with Crippen molar-refractivity contribution < 1.29 is 0 Å². The molecular formula is C25H42N2. The van der Waals surface area contributed by atoms with Crippen LogP contribution in [0.2, 0.25) is 0 Å². The lowest BCUT2D eigenvalue weighted by atomic mass is 9.83.